The van der Waals surface area contributed by atoms with Gasteiger partial charge in [0.15, 0.2) is 0 Å². The van der Waals surface area contributed by atoms with Crippen LogP contribution in [-0.2, 0) is 0 Å². The summed E-state index contributed by atoms with van der Waals surface area (Å²) in [5.41, 5.74) is 5.09. The third kappa shape index (κ3) is 2.97. The molecule has 0 aliphatic heterocycles. The number of hydrogen-bond acceptors (Lipinski definition) is 0. The second kappa shape index (κ2) is 6.84. The van der Waals surface area contributed by atoms with Gasteiger partial charge in [0, 0.05) is 7.14 Å². The molecule has 0 radical (unpaired) electrons. The van der Waals surface area contributed by atoms with Gasteiger partial charge in [0.1, 0.15) is 0 Å². The summed E-state index contributed by atoms with van der Waals surface area (Å²) in [7, 11) is 0. The molecule has 0 aliphatic rings. The Bertz CT molecular complexity index is 922. The fraction of sp³-hybridized carbons (Fsp3) is 0. The molecule has 4 rings (SSSR count). The van der Waals surface area contributed by atoms with E-state index in [0.717, 1.165) is 0 Å². The van der Waals surface area contributed by atoms with Crippen LogP contribution in [0.4, 0.5) is 0 Å². The Kier molecular flexibility index (Phi) is 4.59. The van der Waals surface area contributed by atoms with Crippen LogP contribution in [0.1, 0.15) is 0 Å². The molecule has 0 fully saturated rings. The van der Waals surface area contributed by atoms with Crippen molar-refractivity contribution in [3.05, 3.63) is 92.1 Å². The summed E-state index contributed by atoms with van der Waals surface area (Å²) in [6, 6.07) is 30.4. The van der Waals surface area contributed by atoms with Crippen molar-refractivity contribution in [2.24, 2.45) is 0 Å². The summed E-state index contributed by atoms with van der Waals surface area (Å²) in [5.74, 6) is 0. The Hall–Kier alpha value is -1.40. The number of fused-ring (bicyclic) bond motifs is 1. The summed E-state index contributed by atoms with van der Waals surface area (Å²) in [6.07, 6.45) is 0. The lowest BCUT2D eigenvalue weighted by Gasteiger charge is -2.14. The van der Waals surface area contributed by atoms with Crippen molar-refractivity contribution in [1.29, 1.82) is 0 Å². The molecule has 0 saturated carbocycles. The molecule has 0 unspecified atom stereocenters. The monoisotopic (exact) mass is 532 g/mol. The van der Waals surface area contributed by atoms with Crippen molar-refractivity contribution in [2.75, 3.05) is 0 Å². The van der Waals surface area contributed by atoms with E-state index in [1.807, 2.05) is 0 Å². The predicted molar refractivity (Wildman–Crippen MR) is 120 cm³/mol. The molecule has 0 bridgehead atoms. The molecule has 4 aromatic carbocycles. The Morgan fingerprint density at radius 1 is 0.458 bits per heavy atom. The van der Waals surface area contributed by atoms with Crippen molar-refractivity contribution < 1.29 is 0 Å². The summed E-state index contributed by atoms with van der Waals surface area (Å²) in [4.78, 5) is 0. The number of benzene rings is 4. The minimum atomic E-state index is 1.26. The number of hydrogen-bond donors (Lipinski definition) is 0. The van der Waals surface area contributed by atoms with Gasteiger partial charge in [0.2, 0.25) is 0 Å². The molecule has 0 saturated heterocycles. The largest absolute Gasteiger partial charge is 0.0622 e. The maximum absolute atomic E-state index is 2.43. The quantitative estimate of drug-likeness (QED) is 0.237. The van der Waals surface area contributed by atoms with Gasteiger partial charge in [-0.1, -0.05) is 60.7 Å². The molecule has 0 atom stereocenters. The summed E-state index contributed by atoms with van der Waals surface area (Å²) < 4.78 is 2.58. The molecule has 0 nitrogen and oxygen atoms in total. The first-order valence-corrected chi connectivity index (χ1v) is 9.92. The van der Waals surface area contributed by atoms with Gasteiger partial charge in [-0.2, -0.15) is 0 Å². The fourth-order valence-corrected chi connectivity index (χ4v) is 4.29. The van der Waals surface area contributed by atoms with Crippen molar-refractivity contribution >= 4 is 56.0 Å². The van der Waals surface area contributed by atoms with E-state index in [1.165, 1.54) is 40.2 Å². The molecule has 0 aliphatic carbocycles. The van der Waals surface area contributed by atoms with Crippen LogP contribution >= 0.6 is 45.2 Å². The first kappa shape index (κ1) is 16.1. The maximum Gasteiger partial charge on any atom is 0.0209 e. The molecule has 0 heterocycles. The molecule has 0 spiro atoms. The van der Waals surface area contributed by atoms with E-state index in [2.05, 4.69) is 130 Å². The topological polar surface area (TPSA) is 0 Å². The van der Waals surface area contributed by atoms with Crippen molar-refractivity contribution in [1.82, 2.24) is 0 Å². The molecule has 0 amide bonds. The standard InChI is InChI=1S/C22H14I2/c23-21-11-12-22(24)20-14-18(16-9-5-2-6-10-16)17(13-19(20)21)15-7-3-1-4-8-15/h1-14H. The van der Waals surface area contributed by atoms with Gasteiger partial charge in [-0.05, 0) is 102 Å². The fourth-order valence-electron chi connectivity index (χ4n) is 3.03. The molecular formula is C22H14I2. The minimum absolute atomic E-state index is 1.26. The van der Waals surface area contributed by atoms with Crippen LogP contribution < -0.4 is 0 Å². The molecule has 116 valence electrons. The second-order valence-electron chi connectivity index (χ2n) is 5.70. The molecule has 4 aromatic rings. The van der Waals surface area contributed by atoms with Crippen LogP contribution in [0.25, 0.3) is 33.0 Å². The molecule has 0 N–H and O–H groups in total. The van der Waals surface area contributed by atoms with Crippen LogP contribution in [0, 0.1) is 7.14 Å². The zero-order valence-corrected chi connectivity index (χ0v) is 17.2. The van der Waals surface area contributed by atoms with Crippen LogP contribution in [0.15, 0.2) is 84.9 Å². The first-order chi connectivity index (χ1) is 11.7. The molecule has 24 heavy (non-hydrogen) atoms. The zero-order valence-electron chi connectivity index (χ0n) is 12.8. The van der Waals surface area contributed by atoms with Crippen molar-refractivity contribution in [3.63, 3.8) is 0 Å². The van der Waals surface area contributed by atoms with E-state index in [-0.39, 0.29) is 0 Å². The van der Waals surface area contributed by atoms with E-state index < -0.39 is 0 Å². The van der Waals surface area contributed by atoms with Gasteiger partial charge in [0.25, 0.3) is 0 Å². The SMILES string of the molecule is Ic1ccc(I)c2cc(-c3ccccc3)c(-c3ccccc3)cc12. The average molecular weight is 532 g/mol. The third-order valence-corrected chi connectivity index (χ3v) is 6.10. The summed E-state index contributed by atoms with van der Waals surface area (Å²) >= 11 is 4.87. The molecule has 0 aromatic heterocycles. The van der Waals surface area contributed by atoms with Crippen molar-refractivity contribution in [3.8, 4) is 22.3 Å². The van der Waals surface area contributed by atoms with Gasteiger partial charge in [0.05, 0.1) is 0 Å². The van der Waals surface area contributed by atoms with E-state index in [9.17, 15) is 0 Å². The normalized spacial score (nSPS) is 10.9. The number of halogens is 2. The lowest BCUT2D eigenvalue weighted by atomic mass is 9.91. The van der Waals surface area contributed by atoms with E-state index >= 15 is 0 Å². The Morgan fingerprint density at radius 2 is 0.833 bits per heavy atom. The summed E-state index contributed by atoms with van der Waals surface area (Å²) in [6.45, 7) is 0. The molecular weight excluding hydrogens is 518 g/mol. The third-order valence-electron chi connectivity index (χ3n) is 4.22. The van der Waals surface area contributed by atoms with Gasteiger partial charge in [-0.15, -0.1) is 0 Å². The van der Waals surface area contributed by atoms with Gasteiger partial charge in [-0.25, -0.2) is 0 Å². The Labute approximate surface area is 169 Å². The highest BCUT2D eigenvalue weighted by Crippen LogP contribution is 2.38. The van der Waals surface area contributed by atoms with E-state index in [4.69, 9.17) is 0 Å². The highest BCUT2D eigenvalue weighted by molar-refractivity contribution is 14.1. The molecule has 2 heteroatoms. The van der Waals surface area contributed by atoms with Gasteiger partial charge in [-0.3, -0.25) is 0 Å². The van der Waals surface area contributed by atoms with Crippen LogP contribution in [0.3, 0.4) is 0 Å². The highest BCUT2D eigenvalue weighted by Gasteiger charge is 2.12. The smallest absolute Gasteiger partial charge is 0.0209 e. The zero-order chi connectivity index (χ0) is 16.5. The maximum atomic E-state index is 2.43. The summed E-state index contributed by atoms with van der Waals surface area (Å²) in [5, 5.41) is 2.64. The highest BCUT2D eigenvalue weighted by atomic mass is 127. The van der Waals surface area contributed by atoms with Crippen LogP contribution in [0.5, 0.6) is 0 Å². The second-order valence-corrected chi connectivity index (χ2v) is 8.03. The van der Waals surface area contributed by atoms with Crippen LogP contribution in [-0.4, -0.2) is 0 Å². The average Bonchev–Trinajstić information content (AvgIpc) is 2.65. The lowest BCUT2D eigenvalue weighted by molar-refractivity contribution is 1.59. The van der Waals surface area contributed by atoms with E-state index in [0.29, 0.717) is 0 Å². The lowest BCUT2D eigenvalue weighted by Crippen LogP contribution is -1.90. The van der Waals surface area contributed by atoms with E-state index in [1.54, 1.807) is 0 Å². The number of rotatable bonds is 2. The minimum Gasteiger partial charge on any atom is -0.0622 e. The van der Waals surface area contributed by atoms with Crippen LogP contribution in [0.2, 0.25) is 0 Å². The Morgan fingerprint density at radius 3 is 1.21 bits per heavy atom. The van der Waals surface area contributed by atoms with Gasteiger partial charge < -0.3 is 0 Å². The first-order valence-electron chi connectivity index (χ1n) is 7.76. The van der Waals surface area contributed by atoms with Gasteiger partial charge >= 0.3 is 0 Å². The predicted octanol–water partition coefficient (Wildman–Crippen LogP) is 7.38. The Balaban J connectivity index is 2.10. The van der Waals surface area contributed by atoms with Crippen molar-refractivity contribution in [2.45, 2.75) is 0 Å².